The molecular weight excluding hydrogens is 582 g/mol. The highest BCUT2D eigenvalue weighted by Crippen LogP contribution is 2.40. The summed E-state index contributed by atoms with van der Waals surface area (Å²) in [6.07, 6.45) is 3.38. The lowest BCUT2D eigenvalue weighted by Gasteiger charge is -2.36. The number of nitrogens with zero attached hydrogens (tertiary/aromatic N) is 6. The van der Waals surface area contributed by atoms with Crippen LogP contribution in [0.1, 0.15) is 10.4 Å². The molecule has 5 aromatic rings. The highest BCUT2D eigenvalue weighted by Gasteiger charge is 2.27. The van der Waals surface area contributed by atoms with Gasteiger partial charge in [-0.3, -0.25) is 9.78 Å². The lowest BCUT2D eigenvalue weighted by molar-refractivity contribution is 0.0378. The molecule has 0 aliphatic carbocycles. The van der Waals surface area contributed by atoms with E-state index in [0.717, 1.165) is 11.8 Å². The van der Waals surface area contributed by atoms with E-state index in [1.165, 1.54) is 30.6 Å². The Morgan fingerprint density at radius 3 is 2.72 bits per heavy atom. The number of nitrogen functional groups attached to an aromatic ring is 1. The van der Waals surface area contributed by atoms with E-state index in [1.807, 2.05) is 17.1 Å². The maximum Gasteiger partial charge on any atom is 0.272 e. The Labute approximate surface area is 247 Å². The van der Waals surface area contributed by atoms with Gasteiger partial charge < -0.3 is 25.0 Å². The number of morpholine rings is 1. The smallest absolute Gasteiger partial charge is 0.272 e. The molecule has 0 atom stereocenters. The first kappa shape index (κ1) is 28.1. The summed E-state index contributed by atoms with van der Waals surface area (Å²) in [6, 6.07) is 11.8. The molecule has 0 bridgehead atoms. The monoisotopic (exact) mass is 606 g/mol. The number of benzene rings is 2. The molecule has 3 N–H and O–H groups in total. The Morgan fingerprint density at radius 2 is 1.95 bits per heavy atom. The number of rotatable bonds is 8. The molecule has 0 radical (unpaired) electrons. The second kappa shape index (κ2) is 12.1. The molecule has 12 nitrogen and oxygen atoms in total. The maximum absolute atomic E-state index is 14.9. The summed E-state index contributed by atoms with van der Waals surface area (Å²) >= 11 is 1.20. The zero-order valence-electron chi connectivity index (χ0n) is 22.7. The third-order valence-electron chi connectivity index (χ3n) is 6.48. The summed E-state index contributed by atoms with van der Waals surface area (Å²) in [5.74, 6) is -2.14. The number of nitrogens with one attached hydrogen (secondary N) is 1. The van der Waals surface area contributed by atoms with Crippen molar-refractivity contribution in [3.8, 4) is 27.9 Å². The zero-order chi connectivity index (χ0) is 29.9. The molecular formula is C28H24F2N8O4S. The molecule has 43 heavy (non-hydrogen) atoms. The minimum Gasteiger partial charge on any atom is -0.497 e. The van der Waals surface area contributed by atoms with Gasteiger partial charge in [0.2, 0.25) is 11.0 Å². The average molecular weight is 607 g/mol. The third kappa shape index (κ3) is 5.86. The molecule has 3 aromatic heterocycles. The molecule has 1 amide bonds. The largest absolute Gasteiger partial charge is 0.497 e. The Kier molecular flexibility index (Phi) is 7.91. The van der Waals surface area contributed by atoms with Crippen LogP contribution in [0, 0.1) is 11.6 Å². The molecule has 220 valence electrons. The van der Waals surface area contributed by atoms with E-state index in [-0.39, 0.29) is 34.3 Å². The van der Waals surface area contributed by atoms with E-state index in [1.54, 1.807) is 24.5 Å². The van der Waals surface area contributed by atoms with Crippen molar-refractivity contribution in [1.82, 2.24) is 25.1 Å². The molecule has 0 unspecified atom stereocenters. The first-order chi connectivity index (χ1) is 20.9. The Morgan fingerprint density at radius 1 is 1.12 bits per heavy atom. The van der Waals surface area contributed by atoms with Crippen molar-refractivity contribution < 1.29 is 27.6 Å². The lowest BCUT2D eigenvalue weighted by Crippen LogP contribution is -2.46. The van der Waals surface area contributed by atoms with Crippen molar-refractivity contribution >= 4 is 39.6 Å². The highest BCUT2D eigenvalue weighted by atomic mass is 32.1. The van der Waals surface area contributed by atoms with Gasteiger partial charge in [-0.15, -0.1) is 0 Å². The number of carbonyl (C=O) groups excluding carboxylic acids is 1. The number of halogens is 2. The molecule has 0 saturated carbocycles. The number of hydrazine groups is 1. The summed E-state index contributed by atoms with van der Waals surface area (Å²) in [6.45, 7) is 2.33. The number of aromatic nitrogens is 4. The van der Waals surface area contributed by atoms with Crippen LogP contribution in [0.4, 0.5) is 31.1 Å². The number of methoxy groups -OCH3 is 1. The summed E-state index contributed by atoms with van der Waals surface area (Å²) in [5, 5.41) is 10.8. The van der Waals surface area contributed by atoms with Crippen LogP contribution in [0.15, 0.2) is 65.4 Å². The van der Waals surface area contributed by atoms with Gasteiger partial charge in [-0.1, -0.05) is 22.6 Å². The number of carbonyl (C=O) groups is 1. The third-order valence-corrected chi connectivity index (χ3v) is 7.52. The van der Waals surface area contributed by atoms with Crippen LogP contribution in [-0.4, -0.2) is 64.4 Å². The molecule has 1 aliphatic heterocycles. The number of anilines is 4. The van der Waals surface area contributed by atoms with Crippen molar-refractivity contribution in [3.05, 3.63) is 78.1 Å². The van der Waals surface area contributed by atoms with Gasteiger partial charge in [-0.25, -0.2) is 23.8 Å². The molecule has 1 fully saturated rings. The van der Waals surface area contributed by atoms with Gasteiger partial charge >= 0.3 is 0 Å². The van der Waals surface area contributed by atoms with Crippen LogP contribution in [0.3, 0.4) is 0 Å². The van der Waals surface area contributed by atoms with E-state index in [9.17, 15) is 13.6 Å². The molecule has 15 heteroatoms. The first-order valence-electron chi connectivity index (χ1n) is 13.0. The van der Waals surface area contributed by atoms with Crippen LogP contribution in [0.2, 0.25) is 0 Å². The highest BCUT2D eigenvalue weighted by molar-refractivity contribution is 7.19. The second-order valence-electron chi connectivity index (χ2n) is 9.22. The van der Waals surface area contributed by atoms with Gasteiger partial charge in [0.1, 0.15) is 28.1 Å². The number of nitrogens with two attached hydrogens (primary N) is 1. The summed E-state index contributed by atoms with van der Waals surface area (Å²) in [5.41, 5.74) is 6.81. The summed E-state index contributed by atoms with van der Waals surface area (Å²) in [4.78, 5) is 26.2. The van der Waals surface area contributed by atoms with Crippen LogP contribution < -0.4 is 20.8 Å². The predicted octanol–water partition coefficient (Wildman–Crippen LogP) is 4.76. The van der Waals surface area contributed by atoms with Gasteiger partial charge in [0.25, 0.3) is 11.8 Å². The number of hydrogen-bond acceptors (Lipinski definition) is 12. The number of thiazole rings is 1. The van der Waals surface area contributed by atoms with Crippen LogP contribution in [0.25, 0.3) is 22.2 Å². The van der Waals surface area contributed by atoms with E-state index < -0.39 is 17.5 Å². The number of pyridine rings is 1. The fourth-order valence-electron chi connectivity index (χ4n) is 4.39. The predicted molar refractivity (Wildman–Crippen MR) is 155 cm³/mol. The Bertz CT molecular complexity index is 1760. The lowest BCUT2D eigenvalue weighted by atomic mass is 10.1. The van der Waals surface area contributed by atoms with E-state index >= 15 is 0 Å². The van der Waals surface area contributed by atoms with Crippen LogP contribution >= 0.6 is 11.3 Å². The van der Waals surface area contributed by atoms with Gasteiger partial charge in [0.05, 0.1) is 43.5 Å². The van der Waals surface area contributed by atoms with Gasteiger partial charge in [0, 0.05) is 30.9 Å². The fourth-order valence-corrected chi connectivity index (χ4v) is 5.35. The Balaban J connectivity index is 1.29. The van der Waals surface area contributed by atoms with Crippen molar-refractivity contribution in [2.45, 2.75) is 0 Å². The molecule has 1 saturated heterocycles. The zero-order valence-corrected chi connectivity index (χ0v) is 23.5. The number of hydrogen-bond donors (Lipinski definition) is 2. The molecule has 2 aromatic carbocycles. The minimum atomic E-state index is -0.976. The quantitative estimate of drug-likeness (QED) is 0.252. The SMILES string of the molecule is COc1cccc(C(=O)Nc2cc(-c3noc(-c4sc(N(c5cccnc5)N5CCOCC5)nc4N)n3)c(F)cc2F)c1. The summed E-state index contributed by atoms with van der Waals surface area (Å²) < 4.78 is 45.7. The van der Waals surface area contributed by atoms with Gasteiger partial charge in [-0.2, -0.15) is 4.98 Å². The van der Waals surface area contributed by atoms with Gasteiger partial charge in [-0.05, 0) is 36.4 Å². The van der Waals surface area contributed by atoms with Crippen molar-refractivity contribution in [2.75, 3.05) is 49.5 Å². The number of ether oxygens (including phenoxy) is 2. The van der Waals surface area contributed by atoms with Crippen molar-refractivity contribution in [1.29, 1.82) is 0 Å². The maximum atomic E-state index is 14.9. The minimum absolute atomic E-state index is 0.00458. The van der Waals surface area contributed by atoms with E-state index in [4.69, 9.17) is 19.7 Å². The normalized spacial score (nSPS) is 13.6. The van der Waals surface area contributed by atoms with E-state index in [2.05, 4.69) is 30.4 Å². The first-order valence-corrected chi connectivity index (χ1v) is 13.8. The topological polar surface area (TPSA) is 145 Å². The Hall–Kier alpha value is -4.99. The second-order valence-corrected chi connectivity index (χ2v) is 10.2. The van der Waals surface area contributed by atoms with E-state index in [0.29, 0.717) is 48.1 Å². The van der Waals surface area contributed by atoms with Crippen LogP contribution in [0.5, 0.6) is 5.75 Å². The summed E-state index contributed by atoms with van der Waals surface area (Å²) in [7, 11) is 1.46. The average Bonchev–Trinajstić information content (AvgIpc) is 3.66. The van der Waals surface area contributed by atoms with Crippen molar-refractivity contribution in [2.24, 2.45) is 0 Å². The number of amides is 1. The molecule has 0 spiro atoms. The fraction of sp³-hybridized carbons (Fsp3) is 0.179. The molecule has 1 aliphatic rings. The van der Waals surface area contributed by atoms with Crippen molar-refractivity contribution in [3.63, 3.8) is 0 Å². The standard InChI is InChI=1S/C28H24F2N8O4S/c1-40-18-6-2-4-16(12-18)26(39)33-22-13-19(20(29)14-21(22)30)25-35-27(42-36-25)23-24(31)34-28(43-23)38(17-5-3-7-32-15-17)37-8-10-41-11-9-37/h2-7,12-15H,8-11,31H2,1H3,(H,33,39). The molecule has 6 rings (SSSR count). The van der Waals surface area contributed by atoms with Crippen LogP contribution in [-0.2, 0) is 4.74 Å². The molecule has 4 heterocycles. The van der Waals surface area contributed by atoms with Gasteiger partial charge in [0.15, 0.2) is 0 Å².